The fraction of sp³-hybridized carbons (Fsp3) is 0.333. The van der Waals surface area contributed by atoms with Gasteiger partial charge in [-0.1, -0.05) is 10.3 Å². The summed E-state index contributed by atoms with van der Waals surface area (Å²) in [7, 11) is 2.58. The Morgan fingerprint density at radius 2 is 2.00 bits per heavy atom. The van der Waals surface area contributed by atoms with Crippen molar-refractivity contribution in [2.75, 3.05) is 14.2 Å². The number of ether oxygens (including phenoxy) is 1. The van der Waals surface area contributed by atoms with Crippen molar-refractivity contribution in [1.82, 2.24) is 4.98 Å². The third-order valence-corrected chi connectivity index (χ3v) is 1.92. The van der Waals surface area contributed by atoms with Gasteiger partial charge in [0.25, 0.3) is 0 Å². The van der Waals surface area contributed by atoms with Gasteiger partial charge in [-0.2, -0.15) is 0 Å². The van der Waals surface area contributed by atoms with Crippen molar-refractivity contribution in [3.63, 3.8) is 0 Å². The van der Waals surface area contributed by atoms with Gasteiger partial charge in [-0.05, 0) is 13.8 Å². The van der Waals surface area contributed by atoms with E-state index >= 15 is 0 Å². The van der Waals surface area contributed by atoms with E-state index in [1.165, 1.54) is 26.6 Å². The minimum Gasteiger partial charge on any atom is -0.464 e. The predicted molar refractivity (Wildman–Crippen MR) is 69.2 cm³/mol. The molecule has 0 aliphatic carbocycles. The van der Waals surface area contributed by atoms with Gasteiger partial charge in [0.05, 0.1) is 18.4 Å². The van der Waals surface area contributed by atoms with Crippen LogP contribution in [0.2, 0.25) is 0 Å². The van der Waals surface area contributed by atoms with Crippen LogP contribution in [-0.4, -0.2) is 36.6 Å². The second-order valence-electron chi connectivity index (χ2n) is 3.62. The molecule has 0 amide bonds. The van der Waals surface area contributed by atoms with Crippen LogP contribution < -0.4 is 4.84 Å². The number of aromatic nitrogens is 1. The quantitative estimate of drug-likeness (QED) is 0.456. The number of hydrogen-bond acceptors (Lipinski definition) is 7. The molecule has 1 aromatic heterocycles. The number of nitrogens with zero attached hydrogens (tertiary/aromatic N) is 3. The monoisotopic (exact) mass is 265 g/mol. The van der Waals surface area contributed by atoms with Gasteiger partial charge in [-0.15, -0.1) is 0 Å². The summed E-state index contributed by atoms with van der Waals surface area (Å²) in [6.07, 6.45) is 2.94. The number of carbonyl (C=O) groups is 1. The van der Waals surface area contributed by atoms with Crippen LogP contribution in [0.5, 0.6) is 5.75 Å². The number of rotatable bonds is 5. The lowest BCUT2D eigenvalue weighted by atomic mass is 10.1. The normalized spacial score (nSPS) is 10.6. The SMILES string of the molecule is CO/N=C(\C(=O)OC)c1cnccc1ON=C(C)C. The van der Waals surface area contributed by atoms with Crippen LogP contribution in [0.4, 0.5) is 0 Å². The minimum atomic E-state index is -0.656. The van der Waals surface area contributed by atoms with Crippen LogP contribution >= 0.6 is 0 Å². The van der Waals surface area contributed by atoms with E-state index in [-0.39, 0.29) is 5.71 Å². The third-order valence-electron chi connectivity index (χ3n) is 1.92. The van der Waals surface area contributed by atoms with Gasteiger partial charge in [-0.25, -0.2) is 4.79 Å². The Bertz CT molecular complexity index is 507. The molecule has 0 saturated heterocycles. The van der Waals surface area contributed by atoms with E-state index in [2.05, 4.69) is 24.9 Å². The number of oxime groups is 2. The Morgan fingerprint density at radius 1 is 1.26 bits per heavy atom. The molecule has 0 aliphatic heterocycles. The maximum absolute atomic E-state index is 11.6. The third kappa shape index (κ3) is 4.06. The van der Waals surface area contributed by atoms with E-state index < -0.39 is 5.97 Å². The molecule has 1 aromatic rings. The molecular weight excluding hydrogens is 250 g/mol. The summed E-state index contributed by atoms with van der Waals surface area (Å²) in [4.78, 5) is 25.4. The number of methoxy groups -OCH3 is 1. The molecule has 0 spiro atoms. The van der Waals surface area contributed by atoms with Crippen LogP contribution in [0.3, 0.4) is 0 Å². The van der Waals surface area contributed by atoms with Gasteiger partial charge in [0, 0.05) is 18.5 Å². The molecule has 0 aliphatic rings. The van der Waals surface area contributed by atoms with E-state index in [4.69, 9.17) is 4.84 Å². The van der Waals surface area contributed by atoms with Crippen LogP contribution in [-0.2, 0) is 14.4 Å². The molecule has 0 aromatic carbocycles. The molecule has 0 fully saturated rings. The van der Waals surface area contributed by atoms with E-state index in [0.717, 1.165) is 5.71 Å². The smallest absolute Gasteiger partial charge is 0.360 e. The Morgan fingerprint density at radius 3 is 2.58 bits per heavy atom. The highest BCUT2D eigenvalue weighted by molar-refractivity contribution is 6.43. The lowest BCUT2D eigenvalue weighted by Gasteiger charge is -2.07. The Labute approximate surface area is 110 Å². The first kappa shape index (κ1) is 14.6. The van der Waals surface area contributed by atoms with E-state index in [9.17, 15) is 4.79 Å². The number of esters is 1. The van der Waals surface area contributed by atoms with Gasteiger partial charge in [0.15, 0.2) is 11.5 Å². The zero-order valence-electron chi connectivity index (χ0n) is 11.2. The lowest BCUT2D eigenvalue weighted by molar-refractivity contribution is -0.132. The standard InChI is InChI=1S/C12H15N3O4/c1-8(2)14-19-10-5-6-13-7-9(10)11(15-18-4)12(16)17-3/h5-7H,1-4H3/b15-11-. The van der Waals surface area contributed by atoms with Crippen molar-refractivity contribution in [2.24, 2.45) is 10.3 Å². The fourth-order valence-corrected chi connectivity index (χ4v) is 1.16. The summed E-state index contributed by atoms with van der Waals surface area (Å²) in [5.41, 5.74) is 1.02. The summed E-state index contributed by atoms with van der Waals surface area (Å²) in [5, 5.41) is 7.45. The molecule has 0 saturated carbocycles. The fourth-order valence-electron chi connectivity index (χ4n) is 1.16. The van der Waals surface area contributed by atoms with Crippen LogP contribution in [0.15, 0.2) is 28.8 Å². The van der Waals surface area contributed by atoms with Crippen molar-refractivity contribution >= 4 is 17.4 Å². The molecule has 0 radical (unpaired) electrons. The molecule has 0 N–H and O–H groups in total. The molecule has 7 heteroatoms. The summed E-state index contributed by atoms with van der Waals surface area (Å²) >= 11 is 0. The first-order valence-electron chi connectivity index (χ1n) is 5.42. The number of hydrogen-bond donors (Lipinski definition) is 0. The van der Waals surface area contributed by atoms with Crippen molar-refractivity contribution in [2.45, 2.75) is 13.8 Å². The molecule has 102 valence electrons. The highest BCUT2D eigenvalue weighted by Crippen LogP contribution is 2.19. The maximum atomic E-state index is 11.6. The van der Waals surface area contributed by atoms with Crippen LogP contribution in [0.1, 0.15) is 19.4 Å². The molecule has 1 heterocycles. The van der Waals surface area contributed by atoms with Crippen LogP contribution in [0, 0.1) is 0 Å². The summed E-state index contributed by atoms with van der Waals surface area (Å²) in [5.74, 6) is -0.325. The van der Waals surface area contributed by atoms with Crippen molar-refractivity contribution in [3.8, 4) is 5.75 Å². The first-order chi connectivity index (χ1) is 9.10. The highest BCUT2D eigenvalue weighted by atomic mass is 16.6. The van der Waals surface area contributed by atoms with Gasteiger partial charge < -0.3 is 14.4 Å². The lowest BCUT2D eigenvalue weighted by Crippen LogP contribution is -2.18. The van der Waals surface area contributed by atoms with E-state index in [0.29, 0.717) is 11.3 Å². The minimum absolute atomic E-state index is 0.0444. The van der Waals surface area contributed by atoms with Crippen LogP contribution in [0.25, 0.3) is 0 Å². The highest BCUT2D eigenvalue weighted by Gasteiger charge is 2.20. The molecule has 0 unspecified atom stereocenters. The topological polar surface area (TPSA) is 82.4 Å². The number of pyridine rings is 1. The second kappa shape index (κ2) is 7.10. The average Bonchev–Trinajstić information content (AvgIpc) is 2.42. The predicted octanol–water partition coefficient (Wildman–Crippen LogP) is 1.38. The van der Waals surface area contributed by atoms with Gasteiger partial charge in [-0.3, -0.25) is 4.98 Å². The maximum Gasteiger partial charge on any atom is 0.360 e. The molecule has 1 rings (SSSR count). The van der Waals surface area contributed by atoms with Crippen molar-refractivity contribution in [3.05, 3.63) is 24.0 Å². The molecule has 0 atom stereocenters. The van der Waals surface area contributed by atoms with E-state index in [1.54, 1.807) is 19.9 Å². The second-order valence-corrected chi connectivity index (χ2v) is 3.62. The molecule has 7 nitrogen and oxygen atoms in total. The Kier molecular flexibility index (Phi) is 5.46. The number of carbonyl (C=O) groups excluding carboxylic acids is 1. The average molecular weight is 265 g/mol. The van der Waals surface area contributed by atoms with Gasteiger partial charge in [0.2, 0.25) is 0 Å². The Balaban J connectivity index is 3.20. The largest absolute Gasteiger partial charge is 0.464 e. The van der Waals surface area contributed by atoms with Gasteiger partial charge in [0.1, 0.15) is 7.11 Å². The zero-order chi connectivity index (χ0) is 14.3. The molecule has 0 bridgehead atoms. The first-order valence-corrected chi connectivity index (χ1v) is 5.42. The summed E-state index contributed by atoms with van der Waals surface area (Å²) in [6.45, 7) is 3.57. The van der Waals surface area contributed by atoms with Gasteiger partial charge >= 0.3 is 5.97 Å². The van der Waals surface area contributed by atoms with Crippen molar-refractivity contribution in [1.29, 1.82) is 0 Å². The molecular formula is C12H15N3O4. The molecule has 19 heavy (non-hydrogen) atoms. The Hall–Kier alpha value is -2.44. The zero-order valence-corrected chi connectivity index (χ0v) is 11.2. The van der Waals surface area contributed by atoms with E-state index in [1.807, 2.05) is 0 Å². The summed E-state index contributed by atoms with van der Waals surface area (Å²) in [6, 6.07) is 1.57. The van der Waals surface area contributed by atoms with Crippen molar-refractivity contribution < 1.29 is 19.2 Å². The summed E-state index contributed by atoms with van der Waals surface area (Å²) < 4.78 is 4.63.